The van der Waals surface area contributed by atoms with E-state index in [0.717, 1.165) is 18.2 Å². The number of benzene rings is 2. The molecule has 0 atom stereocenters. The molecular weight excluding hydrogens is 409 g/mol. The van der Waals surface area contributed by atoms with Gasteiger partial charge in [-0.1, -0.05) is 12.6 Å². The number of anilines is 1. The number of rotatable bonds is 5. The molecule has 3 rings (SSSR count). The molecule has 2 aromatic rings. The summed E-state index contributed by atoms with van der Waals surface area (Å²) in [5, 5.41) is 2.61. The molecule has 7 nitrogen and oxygen atoms in total. The summed E-state index contributed by atoms with van der Waals surface area (Å²) < 4.78 is 40.1. The lowest BCUT2D eigenvalue weighted by Crippen LogP contribution is -2.37. The predicted molar refractivity (Wildman–Crippen MR) is 111 cm³/mol. The fourth-order valence-corrected chi connectivity index (χ4v) is 4.67. The third kappa shape index (κ3) is 4.92. The Hall–Kier alpha value is -3.04. The van der Waals surface area contributed by atoms with E-state index < -0.39 is 15.8 Å². The van der Waals surface area contributed by atoms with Gasteiger partial charge in [0.2, 0.25) is 15.9 Å². The first-order valence-corrected chi connectivity index (χ1v) is 10.8. The third-order valence-corrected chi connectivity index (χ3v) is 6.67. The smallest absolute Gasteiger partial charge is 0.253 e. The first-order valence-electron chi connectivity index (χ1n) is 9.40. The van der Waals surface area contributed by atoms with Gasteiger partial charge in [-0.25, -0.2) is 12.8 Å². The van der Waals surface area contributed by atoms with Crippen molar-refractivity contribution in [3.05, 3.63) is 72.6 Å². The van der Waals surface area contributed by atoms with E-state index in [1.807, 2.05) is 0 Å². The summed E-state index contributed by atoms with van der Waals surface area (Å²) in [6.07, 6.45) is 1.61. The molecule has 0 saturated carbocycles. The zero-order valence-corrected chi connectivity index (χ0v) is 17.1. The van der Waals surface area contributed by atoms with Crippen molar-refractivity contribution in [3.8, 4) is 0 Å². The van der Waals surface area contributed by atoms with Crippen molar-refractivity contribution in [2.45, 2.75) is 11.3 Å². The number of carbonyl (C=O) groups excluding carboxylic acids is 2. The molecule has 1 fully saturated rings. The van der Waals surface area contributed by atoms with E-state index in [4.69, 9.17) is 0 Å². The molecule has 2 aromatic carbocycles. The van der Waals surface area contributed by atoms with Crippen molar-refractivity contribution in [3.63, 3.8) is 0 Å². The quantitative estimate of drug-likeness (QED) is 0.737. The molecule has 0 aliphatic carbocycles. The second kappa shape index (κ2) is 9.19. The first kappa shape index (κ1) is 21.7. The summed E-state index contributed by atoms with van der Waals surface area (Å²) >= 11 is 0. The summed E-state index contributed by atoms with van der Waals surface area (Å²) in [7, 11) is -3.77. The van der Waals surface area contributed by atoms with Gasteiger partial charge in [0.05, 0.1) is 4.90 Å². The number of carbonyl (C=O) groups is 2. The van der Waals surface area contributed by atoms with E-state index in [0.29, 0.717) is 24.2 Å². The molecule has 9 heteroatoms. The fourth-order valence-electron chi connectivity index (χ4n) is 3.20. The van der Waals surface area contributed by atoms with Crippen LogP contribution in [-0.2, 0) is 14.8 Å². The van der Waals surface area contributed by atoms with Gasteiger partial charge in [-0.15, -0.1) is 0 Å². The van der Waals surface area contributed by atoms with Gasteiger partial charge >= 0.3 is 0 Å². The molecule has 30 heavy (non-hydrogen) atoms. The van der Waals surface area contributed by atoms with Crippen LogP contribution >= 0.6 is 0 Å². The van der Waals surface area contributed by atoms with Crippen LogP contribution in [0.5, 0.6) is 0 Å². The van der Waals surface area contributed by atoms with E-state index in [1.54, 1.807) is 29.2 Å². The normalized spacial score (nSPS) is 15.3. The monoisotopic (exact) mass is 431 g/mol. The Morgan fingerprint density at radius 2 is 1.77 bits per heavy atom. The van der Waals surface area contributed by atoms with E-state index in [2.05, 4.69) is 11.9 Å². The van der Waals surface area contributed by atoms with Crippen molar-refractivity contribution in [2.24, 2.45) is 0 Å². The van der Waals surface area contributed by atoms with Gasteiger partial charge in [0.15, 0.2) is 0 Å². The maximum absolute atomic E-state index is 13.1. The fraction of sp³-hybridized carbons (Fsp3) is 0.238. The molecule has 0 radical (unpaired) electrons. The first-order chi connectivity index (χ1) is 14.3. The van der Waals surface area contributed by atoms with Gasteiger partial charge in [0.25, 0.3) is 5.91 Å². The van der Waals surface area contributed by atoms with Crippen LogP contribution in [0.15, 0.2) is 66.1 Å². The minimum atomic E-state index is -3.77. The van der Waals surface area contributed by atoms with Crippen LogP contribution in [0.25, 0.3) is 0 Å². The molecule has 1 heterocycles. The molecule has 1 N–H and O–H groups in total. The average molecular weight is 431 g/mol. The van der Waals surface area contributed by atoms with Gasteiger partial charge in [-0.05, 0) is 55.0 Å². The number of nitrogens with zero attached hydrogens (tertiary/aromatic N) is 2. The Labute approximate surface area is 174 Å². The molecule has 0 spiro atoms. The Bertz CT molecular complexity index is 1050. The van der Waals surface area contributed by atoms with Crippen LogP contribution in [0.1, 0.15) is 16.8 Å². The van der Waals surface area contributed by atoms with Crippen LogP contribution in [0.2, 0.25) is 0 Å². The highest BCUT2D eigenvalue weighted by atomic mass is 32.2. The van der Waals surface area contributed by atoms with Crippen molar-refractivity contribution < 1.29 is 22.4 Å². The summed E-state index contributed by atoms with van der Waals surface area (Å²) in [4.78, 5) is 26.0. The molecule has 2 amide bonds. The molecular formula is C21H22FN3O4S. The van der Waals surface area contributed by atoms with E-state index in [1.165, 1.54) is 16.4 Å². The molecule has 0 aromatic heterocycles. The molecule has 1 aliphatic rings. The Morgan fingerprint density at radius 1 is 1.03 bits per heavy atom. The van der Waals surface area contributed by atoms with Gasteiger partial charge in [0.1, 0.15) is 5.82 Å². The molecule has 158 valence electrons. The predicted octanol–water partition coefficient (Wildman–Crippen LogP) is 2.49. The van der Waals surface area contributed by atoms with Crippen LogP contribution in [0.4, 0.5) is 10.1 Å². The number of sulfonamides is 1. The number of nitrogens with one attached hydrogen (secondary N) is 1. The molecule has 1 saturated heterocycles. The summed E-state index contributed by atoms with van der Waals surface area (Å²) in [5.41, 5.74) is 0.868. The lowest BCUT2D eigenvalue weighted by molar-refractivity contribution is -0.111. The van der Waals surface area contributed by atoms with Crippen molar-refractivity contribution in [1.29, 1.82) is 0 Å². The van der Waals surface area contributed by atoms with Crippen LogP contribution in [0, 0.1) is 5.82 Å². The Morgan fingerprint density at radius 3 is 2.47 bits per heavy atom. The minimum Gasteiger partial charge on any atom is -0.337 e. The number of hydrogen-bond donors (Lipinski definition) is 1. The average Bonchev–Trinajstić information content (AvgIpc) is 3.00. The highest BCUT2D eigenvalue weighted by Gasteiger charge is 2.28. The van der Waals surface area contributed by atoms with Crippen molar-refractivity contribution in [2.75, 3.05) is 31.5 Å². The molecule has 0 unspecified atom stereocenters. The second-order valence-corrected chi connectivity index (χ2v) is 8.72. The van der Waals surface area contributed by atoms with Gasteiger partial charge in [-0.2, -0.15) is 4.31 Å². The molecule has 0 bridgehead atoms. The highest BCUT2D eigenvalue weighted by Crippen LogP contribution is 2.20. The maximum atomic E-state index is 13.1. The largest absolute Gasteiger partial charge is 0.337 e. The zero-order valence-electron chi connectivity index (χ0n) is 16.3. The lowest BCUT2D eigenvalue weighted by Gasteiger charge is -2.22. The van der Waals surface area contributed by atoms with E-state index >= 15 is 0 Å². The summed E-state index contributed by atoms with van der Waals surface area (Å²) in [5.74, 6) is -1.13. The van der Waals surface area contributed by atoms with Crippen LogP contribution < -0.4 is 5.32 Å². The van der Waals surface area contributed by atoms with E-state index in [-0.39, 0.29) is 36.3 Å². The van der Waals surface area contributed by atoms with Crippen molar-refractivity contribution >= 4 is 27.5 Å². The second-order valence-electron chi connectivity index (χ2n) is 6.78. The number of hydrogen-bond acceptors (Lipinski definition) is 4. The topological polar surface area (TPSA) is 86.8 Å². The SMILES string of the molecule is C=CC(=O)Nc1cccc(C(=O)N2CCCN(S(=O)(=O)c3ccc(F)cc3)CC2)c1. The lowest BCUT2D eigenvalue weighted by atomic mass is 10.1. The standard InChI is InChI=1S/C21H22FN3O4S/c1-2-20(26)23-18-6-3-5-16(15-18)21(27)24-11-4-12-25(14-13-24)30(28,29)19-9-7-17(22)8-10-19/h2-3,5-10,15H,1,4,11-14H2,(H,23,26). The van der Waals surface area contributed by atoms with Gasteiger partial charge in [-0.3, -0.25) is 9.59 Å². The third-order valence-electron chi connectivity index (χ3n) is 4.76. The highest BCUT2D eigenvalue weighted by molar-refractivity contribution is 7.89. The Balaban J connectivity index is 1.71. The number of amides is 2. The number of halogens is 1. The van der Waals surface area contributed by atoms with Crippen molar-refractivity contribution in [1.82, 2.24) is 9.21 Å². The van der Waals surface area contributed by atoms with Crippen LogP contribution in [0.3, 0.4) is 0 Å². The van der Waals surface area contributed by atoms with Gasteiger partial charge < -0.3 is 10.2 Å². The van der Waals surface area contributed by atoms with Gasteiger partial charge in [0, 0.05) is 37.4 Å². The Kier molecular flexibility index (Phi) is 6.63. The zero-order chi connectivity index (χ0) is 21.7. The summed E-state index contributed by atoms with van der Waals surface area (Å²) in [6, 6.07) is 11.2. The summed E-state index contributed by atoms with van der Waals surface area (Å²) in [6.45, 7) is 4.42. The van der Waals surface area contributed by atoms with E-state index in [9.17, 15) is 22.4 Å². The molecule has 1 aliphatic heterocycles. The van der Waals surface area contributed by atoms with Crippen LogP contribution in [-0.4, -0.2) is 55.6 Å². The maximum Gasteiger partial charge on any atom is 0.253 e. The minimum absolute atomic E-state index is 0.0225.